The molecule has 0 aliphatic carbocycles. The van der Waals surface area contributed by atoms with Crippen molar-refractivity contribution in [3.8, 4) is 0 Å². The van der Waals surface area contributed by atoms with Crippen molar-refractivity contribution in [2.24, 2.45) is 5.73 Å². The highest BCUT2D eigenvalue weighted by atomic mass is 32.2. The molecule has 1 saturated heterocycles. The SMILES string of the molecule is NCc1cc(C(=O)Nc2ccccc2CN2CCSCC2)co1. The van der Waals surface area contributed by atoms with E-state index in [-0.39, 0.29) is 12.5 Å². The Hall–Kier alpha value is -1.76. The molecule has 0 atom stereocenters. The van der Waals surface area contributed by atoms with E-state index in [9.17, 15) is 4.79 Å². The molecule has 1 aliphatic heterocycles. The summed E-state index contributed by atoms with van der Waals surface area (Å²) < 4.78 is 5.23. The van der Waals surface area contributed by atoms with Gasteiger partial charge in [0.2, 0.25) is 0 Å². The van der Waals surface area contributed by atoms with E-state index in [4.69, 9.17) is 10.2 Å². The van der Waals surface area contributed by atoms with E-state index in [1.54, 1.807) is 6.07 Å². The van der Waals surface area contributed by atoms with E-state index in [1.807, 2.05) is 30.0 Å². The van der Waals surface area contributed by atoms with Gasteiger partial charge in [-0.2, -0.15) is 11.8 Å². The summed E-state index contributed by atoms with van der Waals surface area (Å²) in [5.41, 5.74) is 7.99. The zero-order chi connectivity index (χ0) is 16.1. The number of nitrogens with two attached hydrogens (primary N) is 1. The third-order valence-electron chi connectivity index (χ3n) is 3.88. The van der Waals surface area contributed by atoms with E-state index in [1.165, 1.54) is 17.8 Å². The Morgan fingerprint density at radius 2 is 2.09 bits per heavy atom. The van der Waals surface area contributed by atoms with Crippen molar-refractivity contribution in [3.63, 3.8) is 0 Å². The van der Waals surface area contributed by atoms with Gasteiger partial charge >= 0.3 is 0 Å². The number of para-hydroxylation sites is 1. The van der Waals surface area contributed by atoms with Gasteiger partial charge in [0.1, 0.15) is 12.0 Å². The van der Waals surface area contributed by atoms with E-state index in [2.05, 4.69) is 16.3 Å². The molecule has 1 amide bonds. The van der Waals surface area contributed by atoms with Gasteiger partial charge in [0.15, 0.2) is 0 Å². The summed E-state index contributed by atoms with van der Waals surface area (Å²) in [6.07, 6.45) is 1.45. The molecule has 1 aromatic heterocycles. The fourth-order valence-corrected chi connectivity index (χ4v) is 3.56. The zero-order valence-corrected chi connectivity index (χ0v) is 13.8. The number of hydrogen-bond acceptors (Lipinski definition) is 5. The lowest BCUT2D eigenvalue weighted by Gasteiger charge is -2.27. The van der Waals surface area contributed by atoms with Crippen molar-refractivity contribution >= 4 is 23.4 Å². The van der Waals surface area contributed by atoms with Crippen LogP contribution in [0, 0.1) is 0 Å². The average Bonchev–Trinajstić information content (AvgIpc) is 3.07. The molecule has 0 spiro atoms. The van der Waals surface area contributed by atoms with Crippen molar-refractivity contribution in [3.05, 3.63) is 53.5 Å². The predicted octanol–water partition coefficient (Wildman–Crippen LogP) is 2.54. The maximum absolute atomic E-state index is 12.4. The number of amides is 1. The van der Waals surface area contributed by atoms with Gasteiger partial charge in [-0.25, -0.2) is 0 Å². The summed E-state index contributed by atoms with van der Waals surface area (Å²) in [5, 5.41) is 2.98. The van der Waals surface area contributed by atoms with Crippen LogP contribution in [0.1, 0.15) is 21.7 Å². The maximum atomic E-state index is 12.4. The molecule has 0 saturated carbocycles. The Morgan fingerprint density at radius 3 is 2.83 bits per heavy atom. The summed E-state index contributed by atoms with van der Waals surface area (Å²) in [6.45, 7) is 3.33. The Labute approximate surface area is 140 Å². The summed E-state index contributed by atoms with van der Waals surface area (Å²) in [4.78, 5) is 14.8. The summed E-state index contributed by atoms with van der Waals surface area (Å²) in [5.74, 6) is 2.78. The smallest absolute Gasteiger partial charge is 0.258 e. The molecule has 3 N–H and O–H groups in total. The molecule has 2 aromatic rings. The minimum absolute atomic E-state index is 0.171. The molecule has 0 radical (unpaired) electrons. The molecule has 0 bridgehead atoms. The standard InChI is InChI=1S/C17H21N3O2S/c18-10-15-9-14(12-22-15)17(21)19-16-4-2-1-3-13(16)11-20-5-7-23-8-6-20/h1-4,9,12H,5-8,10-11,18H2,(H,19,21). The lowest BCUT2D eigenvalue weighted by molar-refractivity contribution is 0.102. The topological polar surface area (TPSA) is 71.5 Å². The molecule has 1 aromatic carbocycles. The molecule has 5 nitrogen and oxygen atoms in total. The molecule has 1 fully saturated rings. The van der Waals surface area contributed by atoms with Gasteiger partial charge in [-0.05, 0) is 17.7 Å². The Bertz CT molecular complexity index is 665. The van der Waals surface area contributed by atoms with Crippen molar-refractivity contribution in [1.82, 2.24) is 4.90 Å². The minimum Gasteiger partial charge on any atom is -0.467 e. The predicted molar refractivity (Wildman–Crippen MR) is 93.6 cm³/mol. The molecule has 3 rings (SSSR count). The maximum Gasteiger partial charge on any atom is 0.258 e. The zero-order valence-electron chi connectivity index (χ0n) is 13.0. The van der Waals surface area contributed by atoms with Crippen LogP contribution in [0.25, 0.3) is 0 Å². The first-order chi connectivity index (χ1) is 11.3. The van der Waals surface area contributed by atoms with Gasteiger partial charge in [-0.1, -0.05) is 18.2 Å². The van der Waals surface area contributed by atoms with Gasteiger partial charge in [0.05, 0.1) is 12.1 Å². The molecule has 2 heterocycles. The highest BCUT2D eigenvalue weighted by Gasteiger charge is 2.15. The largest absolute Gasteiger partial charge is 0.467 e. The third-order valence-corrected chi connectivity index (χ3v) is 4.82. The first-order valence-electron chi connectivity index (χ1n) is 7.73. The van der Waals surface area contributed by atoms with Gasteiger partial charge in [-0.3, -0.25) is 9.69 Å². The average molecular weight is 331 g/mol. The van der Waals surface area contributed by atoms with Crippen LogP contribution in [0.4, 0.5) is 5.69 Å². The van der Waals surface area contributed by atoms with Crippen LogP contribution in [0.15, 0.2) is 41.0 Å². The van der Waals surface area contributed by atoms with E-state index in [0.29, 0.717) is 11.3 Å². The molecule has 6 heteroatoms. The second kappa shape index (κ2) is 7.68. The van der Waals surface area contributed by atoms with Crippen LogP contribution in [-0.4, -0.2) is 35.4 Å². The van der Waals surface area contributed by atoms with Gasteiger partial charge in [0.25, 0.3) is 5.91 Å². The van der Waals surface area contributed by atoms with Crippen molar-refractivity contribution in [2.75, 3.05) is 29.9 Å². The number of thioether (sulfide) groups is 1. The van der Waals surface area contributed by atoms with Crippen molar-refractivity contribution in [2.45, 2.75) is 13.1 Å². The second-order valence-corrected chi connectivity index (χ2v) is 6.73. The van der Waals surface area contributed by atoms with Crippen LogP contribution >= 0.6 is 11.8 Å². The van der Waals surface area contributed by atoms with Crippen LogP contribution in [-0.2, 0) is 13.1 Å². The van der Waals surface area contributed by atoms with Crippen LogP contribution in [0.2, 0.25) is 0 Å². The molecule has 122 valence electrons. The normalized spacial score (nSPS) is 15.5. The lowest BCUT2D eigenvalue weighted by Crippen LogP contribution is -2.32. The highest BCUT2D eigenvalue weighted by Crippen LogP contribution is 2.20. The molecule has 1 aliphatic rings. The Morgan fingerprint density at radius 1 is 1.30 bits per heavy atom. The van der Waals surface area contributed by atoms with Crippen LogP contribution in [0.5, 0.6) is 0 Å². The van der Waals surface area contributed by atoms with E-state index in [0.717, 1.165) is 30.9 Å². The van der Waals surface area contributed by atoms with Crippen molar-refractivity contribution in [1.29, 1.82) is 0 Å². The fraction of sp³-hybridized carbons (Fsp3) is 0.353. The fourth-order valence-electron chi connectivity index (χ4n) is 2.58. The van der Waals surface area contributed by atoms with Gasteiger partial charge in [0, 0.05) is 36.8 Å². The second-order valence-electron chi connectivity index (χ2n) is 5.51. The minimum atomic E-state index is -0.171. The third kappa shape index (κ3) is 4.16. The quantitative estimate of drug-likeness (QED) is 0.881. The number of furan rings is 1. The number of carbonyl (C=O) groups is 1. The van der Waals surface area contributed by atoms with Crippen LogP contribution in [0.3, 0.4) is 0 Å². The molecule has 23 heavy (non-hydrogen) atoms. The number of rotatable bonds is 5. The number of benzene rings is 1. The molecular formula is C17H21N3O2S. The van der Waals surface area contributed by atoms with Crippen molar-refractivity contribution < 1.29 is 9.21 Å². The number of anilines is 1. The molecule has 0 unspecified atom stereocenters. The number of hydrogen-bond donors (Lipinski definition) is 2. The van der Waals surface area contributed by atoms with Gasteiger partial charge < -0.3 is 15.5 Å². The van der Waals surface area contributed by atoms with Gasteiger partial charge in [-0.15, -0.1) is 0 Å². The Kier molecular flexibility index (Phi) is 5.38. The Balaban J connectivity index is 1.70. The summed E-state index contributed by atoms with van der Waals surface area (Å²) in [7, 11) is 0. The summed E-state index contributed by atoms with van der Waals surface area (Å²) in [6, 6.07) is 9.63. The number of nitrogens with zero attached hydrogens (tertiary/aromatic N) is 1. The first-order valence-corrected chi connectivity index (χ1v) is 8.88. The first kappa shape index (κ1) is 16.1. The lowest BCUT2D eigenvalue weighted by atomic mass is 10.1. The monoisotopic (exact) mass is 331 g/mol. The highest BCUT2D eigenvalue weighted by molar-refractivity contribution is 7.99. The number of carbonyl (C=O) groups excluding carboxylic acids is 1. The summed E-state index contributed by atoms with van der Waals surface area (Å²) >= 11 is 1.99. The number of nitrogens with one attached hydrogen (secondary N) is 1. The van der Waals surface area contributed by atoms with Crippen LogP contribution < -0.4 is 11.1 Å². The van der Waals surface area contributed by atoms with E-state index < -0.39 is 0 Å². The van der Waals surface area contributed by atoms with E-state index >= 15 is 0 Å². The molecular weight excluding hydrogens is 310 g/mol.